The lowest BCUT2D eigenvalue weighted by molar-refractivity contribution is 0.655. The van der Waals surface area contributed by atoms with Gasteiger partial charge in [0.1, 0.15) is 0 Å². The van der Waals surface area contributed by atoms with Gasteiger partial charge in [-0.05, 0) is 28.4 Å². The van der Waals surface area contributed by atoms with Crippen LogP contribution in [0.3, 0.4) is 0 Å². The van der Waals surface area contributed by atoms with Crippen LogP contribution in [0.2, 0.25) is 0 Å². The van der Waals surface area contributed by atoms with E-state index < -0.39 is 0 Å². The highest BCUT2D eigenvalue weighted by Crippen LogP contribution is 2.05. The van der Waals surface area contributed by atoms with Gasteiger partial charge in [-0.2, -0.15) is 0 Å². The molecule has 1 aromatic rings. The molecule has 12 heavy (non-hydrogen) atoms. The average Bonchev–Trinajstić information content (AvgIpc) is 2.07. The lowest BCUT2D eigenvalue weighted by Crippen LogP contribution is -2.18. The van der Waals surface area contributed by atoms with Crippen molar-refractivity contribution in [2.75, 3.05) is 5.88 Å². The van der Waals surface area contributed by atoms with E-state index >= 15 is 0 Å². The molecule has 0 bridgehead atoms. The van der Waals surface area contributed by atoms with Gasteiger partial charge in [0.25, 0.3) is 5.56 Å². The van der Waals surface area contributed by atoms with Crippen molar-refractivity contribution < 1.29 is 0 Å². The fourth-order valence-corrected chi connectivity index (χ4v) is 1.41. The first-order valence-electron chi connectivity index (χ1n) is 3.66. The first-order chi connectivity index (χ1) is 5.74. The number of aryl methyl sites for hydroxylation is 1. The molecule has 0 saturated heterocycles. The predicted octanol–water partition coefficient (Wildman–Crippen LogP) is 2.24. The largest absolute Gasteiger partial charge is 0.314 e. The van der Waals surface area contributed by atoms with Gasteiger partial charge in [-0.1, -0.05) is 0 Å². The minimum absolute atomic E-state index is 0.0170. The van der Waals surface area contributed by atoms with Crippen LogP contribution < -0.4 is 5.56 Å². The maximum absolute atomic E-state index is 11.2. The van der Waals surface area contributed by atoms with Gasteiger partial charge in [0.2, 0.25) is 0 Å². The standard InChI is InChI=1S/C8H9BrClNO/c9-7-2-3-8(12)11(6-7)5-1-4-10/h2-3,6H,1,4-5H2. The highest BCUT2D eigenvalue weighted by molar-refractivity contribution is 9.10. The van der Waals surface area contributed by atoms with Crippen molar-refractivity contribution in [1.82, 2.24) is 4.57 Å². The molecule has 0 saturated carbocycles. The SMILES string of the molecule is O=c1ccc(Br)cn1CCCCl. The van der Waals surface area contributed by atoms with Crippen molar-refractivity contribution in [3.63, 3.8) is 0 Å². The third-order valence-electron chi connectivity index (χ3n) is 1.48. The van der Waals surface area contributed by atoms with Crippen molar-refractivity contribution in [2.24, 2.45) is 0 Å². The molecule has 66 valence electrons. The van der Waals surface area contributed by atoms with Crippen LogP contribution in [0, 0.1) is 0 Å². The summed E-state index contributed by atoms with van der Waals surface area (Å²) in [6, 6.07) is 3.28. The van der Waals surface area contributed by atoms with Crippen molar-refractivity contribution >= 4 is 27.5 Å². The Bertz CT molecular complexity index is 310. The Balaban J connectivity index is 2.83. The smallest absolute Gasteiger partial charge is 0.250 e. The Labute approximate surface area is 84.3 Å². The number of aromatic nitrogens is 1. The number of hydrogen-bond donors (Lipinski definition) is 0. The molecule has 0 unspecified atom stereocenters. The van der Waals surface area contributed by atoms with Gasteiger partial charge in [0.15, 0.2) is 0 Å². The first-order valence-corrected chi connectivity index (χ1v) is 4.99. The normalized spacial score (nSPS) is 10.2. The predicted molar refractivity (Wildman–Crippen MR) is 53.7 cm³/mol. The van der Waals surface area contributed by atoms with E-state index in [0.717, 1.165) is 10.9 Å². The van der Waals surface area contributed by atoms with Gasteiger partial charge >= 0.3 is 0 Å². The number of nitrogens with zero attached hydrogens (tertiary/aromatic N) is 1. The summed E-state index contributed by atoms with van der Waals surface area (Å²) in [5.41, 5.74) is 0.0170. The molecule has 0 aliphatic carbocycles. The molecule has 0 N–H and O–H groups in total. The zero-order valence-corrected chi connectivity index (χ0v) is 8.81. The Morgan fingerprint density at radius 1 is 1.50 bits per heavy atom. The summed E-state index contributed by atoms with van der Waals surface area (Å²) in [7, 11) is 0. The van der Waals surface area contributed by atoms with E-state index in [1.807, 2.05) is 0 Å². The molecule has 4 heteroatoms. The molecule has 0 aromatic carbocycles. The summed E-state index contributed by atoms with van der Waals surface area (Å²) < 4.78 is 2.56. The molecule has 0 atom stereocenters. The third kappa shape index (κ3) is 2.64. The Morgan fingerprint density at radius 2 is 2.25 bits per heavy atom. The first kappa shape index (κ1) is 9.81. The van der Waals surface area contributed by atoms with Crippen LogP contribution in [-0.2, 0) is 6.54 Å². The number of halogens is 2. The molecule has 0 spiro atoms. The summed E-state index contributed by atoms with van der Waals surface area (Å²) in [6.45, 7) is 0.682. The third-order valence-corrected chi connectivity index (χ3v) is 2.22. The van der Waals surface area contributed by atoms with Crippen molar-refractivity contribution in [3.8, 4) is 0 Å². The van der Waals surface area contributed by atoms with E-state index in [2.05, 4.69) is 15.9 Å². The summed E-state index contributed by atoms with van der Waals surface area (Å²) >= 11 is 8.81. The van der Waals surface area contributed by atoms with Crippen molar-refractivity contribution in [2.45, 2.75) is 13.0 Å². The van der Waals surface area contributed by atoms with E-state index in [9.17, 15) is 4.79 Å². The number of pyridine rings is 1. The highest BCUT2D eigenvalue weighted by atomic mass is 79.9. The molecule has 0 fully saturated rings. The van der Waals surface area contributed by atoms with Crippen LogP contribution in [-0.4, -0.2) is 10.4 Å². The van der Waals surface area contributed by atoms with E-state index in [4.69, 9.17) is 11.6 Å². The summed E-state index contributed by atoms with van der Waals surface area (Å²) in [4.78, 5) is 11.2. The molecule has 1 aromatic heterocycles. The summed E-state index contributed by atoms with van der Waals surface area (Å²) in [5, 5.41) is 0. The average molecular weight is 251 g/mol. The lowest BCUT2D eigenvalue weighted by Gasteiger charge is -2.02. The van der Waals surface area contributed by atoms with Crippen molar-refractivity contribution in [1.29, 1.82) is 0 Å². The molecular formula is C8H9BrClNO. The van der Waals surface area contributed by atoms with Gasteiger partial charge in [0.05, 0.1) is 0 Å². The van der Waals surface area contributed by atoms with Gasteiger partial charge in [-0.15, -0.1) is 11.6 Å². The van der Waals surface area contributed by atoms with Gasteiger partial charge in [-0.25, -0.2) is 0 Å². The number of rotatable bonds is 3. The van der Waals surface area contributed by atoms with Crippen molar-refractivity contribution in [3.05, 3.63) is 33.2 Å². The second-order valence-electron chi connectivity index (χ2n) is 2.42. The van der Waals surface area contributed by atoms with Crippen LogP contribution >= 0.6 is 27.5 Å². The van der Waals surface area contributed by atoms with Crippen LogP contribution in [0.1, 0.15) is 6.42 Å². The van der Waals surface area contributed by atoms with E-state index in [0.29, 0.717) is 12.4 Å². The van der Waals surface area contributed by atoms with E-state index in [1.54, 1.807) is 16.8 Å². The molecule has 1 heterocycles. The maximum Gasteiger partial charge on any atom is 0.250 e. The second kappa shape index (κ2) is 4.67. The van der Waals surface area contributed by atoms with Crippen LogP contribution in [0.15, 0.2) is 27.6 Å². The fraction of sp³-hybridized carbons (Fsp3) is 0.375. The minimum Gasteiger partial charge on any atom is -0.314 e. The van der Waals surface area contributed by atoms with E-state index in [-0.39, 0.29) is 5.56 Å². The Morgan fingerprint density at radius 3 is 2.92 bits per heavy atom. The zero-order valence-electron chi connectivity index (χ0n) is 6.46. The number of alkyl halides is 1. The van der Waals surface area contributed by atoms with E-state index in [1.165, 1.54) is 6.07 Å². The van der Waals surface area contributed by atoms with Crippen LogP contribution in [0.5, 0.6) is 0 Å². The number of hydrogen-bond acceptors (Lipinski definition) is 1. The fourth-order valence-electron chi connectivity index (χ4n) is 0.907. The van der Waals surface area contributed by atoms with Gasteiger partial charge in [0, 0.05) is 29.2 Å². The molecule has 0 amide bonds. The second-order valence-corrected chi connectivity index (χ2v) is 3.72. The molecule has 2 nitrogen and oxygen atoms in total. The molecule has 0 aliphatic heterocycles. The van der Waals surface area contributed by atoms with Gasteiger partial charge in [-0.3, -0.25) is 4.79 Å². The van der Waals surface area contributed by atoms with Gasteiger partial charge < -0.3 is 4.57 Å². The quantitative estimate of drug-likeness (QED) is 0.754. The summed E-state index contributed by atoms with van der Waals surface area (Å²) in [5.74, 6) is 0.582. The zero-order chi connectivity index (χ0) is 8.97. The molecule has 1 rings (SSSR count). The topological polar surface area (TPSA) is 22.0 Å². The van der Waals surface area contributed by atoms with Crippen LogP contribution in [0.4, 0.5) is 0 Å². The lowest BCUT2D eigenvalue weighted by atomic mass is 10.4. The summed E-state index contributed by atoms with van der Waals surface area (Å²) in [6.07, 6.45) is 2.59. The Kier molecular flexibility index (Phi) is 3.82. The highest BCUT2D eigenvalue weighted by Gasteiger charge is 1.95. The maximum atomic E-state index is 11.2. The Hall–Kier alpha value is -0.280. The molecular weight excluding hydrogens is 241 g/mol. The monoisotopic (exact) mass is 249 g/mol. The molecule has 0 aliphatic rings. The van der Waals surface area contributed by atoms with Crippen LogP contribution in [0.25, 0.3) is 0 Å². The minimum atomic E-state index is 0.0170. The molecule has 0 radical (unpaired) electrons.